The summed E-state index contributed by atoms with van der Waals surface area (Å²) in [6, 6.07) is 0. The van der Waals surface area contributed by atoms with Gasteiger partial charge >= 0.3 is 0 Å². The molecular weight excluding hydrogens is 132 g/mol. The number of rotatable bonds is 0. The van der Waals surface area contributed by atoms with E-state index in [2.05, 4.69) is 15.5 Å². The SMILES string of the molecule is n1nc2ssn2n1. The topological polar surface area (TPSA) is 43.1 Å². The third-order valence-electron chi connectivity index (χ3n) is 0.598. The van der Waals surface area contributed by atoms with E-state index in [0.29, 0.717) is 0 Å². The van der Waals surface area contributed by atoms with Crippen LogP contribution in [0.3, 0.4) is 0 Å². The minimum atomic E-state index is 0.894. The van der Waals surface area contributed by atoms with Gasteiger partial charge < -0.3 is 0 Å². The molecule has 4 nitrogen and oxygen atoms in total. The van der Waals surface area contributed by atoms with E-state index < -0.39 is 0 Å². The van der Waals surface area contributed by atoms with Gasteiger partial charge in [-0.1, -0.05) is 5.10 Å². The Bertz CT molecular complexity index is 226. The van der Waals surface area contributed by atoms with Crippen LogP contribution in [0.15, 0.2) is 0 Å². The molecule has 0 aliphatic rings. The first kappa shape index (κ1) is 3.50. The first-order chi connectivity index (χ1) is 3.47. The summed E-state index contributed by atoms with van der Waals surface area (Å²) in [6.45, 7) is 0. The zero-order valence-electron chi connectivity index (χ0n) is 3.11. The van der Waals surface area contributed by atoms with Crippen molar-refractivity contribution in [2.45, 2.75) is 0 Å². The Balaban J connectivity index is 3.05. The average Bonchev–Trinajstić information content (AvgIpc) is 1.85. The highest BCUT2D eigenvalue weighted by atomic mass is 32.9. The van der Waals surface area contributed by atoms with E-state index in [1.54, 1.807) is 14.2 Å². The first-order valence-electron chi connectivity index (χ1n) is 1.60. The molecule has 0 N–H and O–H groups in total. The van der Waals surface area contributed by atoms with Crippen molar-refractivity contribution in [1.29, 1.82) is 0 Å². The molecule has 0 fully saturated rings. The molecule has 36 valence electrons. The minimum Gasteiger partial charge on any atom is -0.125 e. The predicted octanol–water partition coefficient (Wildman–Crippen LogP) is 0.247. The number of nitrogens with zero attached hydrogens (tertiary/aromatic N) is 4. The van der Waals surface area contributed by atoms with Crippen molar-refractivity contribution in [3.05, 3.63) is 0 Å². The fraction of sp³-hybridized carbons (Fsp3) is 0. The molecule has 0 radical (unpaired) electrons. The largest absolute Gasteiger partial charge is 0.256 e. The van der Waals surface area contributed by atoms with Crippen molar-refractivity contribution in [2.24, 2.45) is 0 Å². The summed E-state index contributed by atoms with van der Waals surface area (Å²) in [5.41, 5.74) is 0. The Morgan fingerprint density at radius 2 is 2.57 bits per heavy atom. The molecule has 0 saturated carbocycles. The van der Waals surface area contributed by atoms with Gasteiger partial charge in [0, 0.05) is 10.5 Å². The summed E-state index contributed by atoms with van der Waals surface area (Å²) in [4.78, 5) is 0.894. The van der Waals surface area contributed by atoms with E-state index >= 15 is 0 Å². The molecule has 0 aliphatic heterocycles. The molecule has 0 aromatic carbocycles. The van der Waals surface area contributed by atoms with E-state index in [0.717, 1.165) is 4.96 Å². The highest BCUT2D eigenvalue weighted by molar-refractivity contribution is 7.71. The van der Waals surface area contributed by atoms with Crippen LogP contribution < -0.4 is 0 Å². The maximum absolute atomic E-state index is 3.65. The lowest BCUT2D eigenvalue weighted by Gasteiger charge is -1.81. The summed E-state index contributed by atoms with van der Waals surface area (Å²) in [5, 5.41) is 10.7. The lowest BCUT2D eigenvalue weighted by molar-refractivity contribution is 0.863. The Morgan fingerprint density at radius 1 is 1.57 bits per heavy atom. The second-order valence-electron chi connectivity index (χ2n) is 0.992. The van der Waals surface area contributed by atoms with Crippen LogP contribution in [-0.2, 0) is 0 Å². The summed E-state index contributed by atoms with van der Waals surface area (Å²) in [6.07, 6.45) is 0. The van der Waals surface area contributed by atoms with Crippen molar-refractivity contribution in [3.8, 4) is 0 Å². The van der Waals surface area contributed by atoms with Gasteiger partial charge in [-0.15, -0.1) is 3.90 Å². The Hall–Kier alpha value is -0.490. The molecule has 0 aliphatic carbocycles. The molecule has 0 unspecified atom stereocenters. The minimum absolute atomic E-state index is 0.894. The van der Waals surface area contributed by atoms with E-state index in [1.165, 1.54) is 10.5 Å². The molecular formula is CN4S2. The van der Waals surface area contributed by atoms with Crippen LogP contribution in [0.4, 0.5) is 0 Å². The molecule has 0 spiro atoms. The summed E-state index contributed by atoms with van der Waals surface area (Å²) >= 11 is 0. The maximum atomic E-state index is 3.65. The average molecular weight is 132 g/mol. The number of hydrogen-bond donors (Lipinski definition) is 0. The standard InChI is InChI=1S/CN4S2/c2-1-5(4-3-2)7-6-1. The number of fused-ring (bicyclic) bond motifs is 1. The predicted molar refractivity (Wildman–Crippen MR) is 26.5 cm³/mol. The van der Waals surface area contributed by atoms with E-state index in [-0.39, 0.29) is 0 Å². The lowest BCUT2D eigenvalue weighted by atomic mass is 11.4. The van der Waals surface area contributed by atoms with E-state index in [4.69, 9.17) is 0 Å². The van der Waals surface area contributed by atoms with Crippen molar-refractivity contribution in [2.75, 3.05) is 0 Å². The third kappa shape index (κ3) is 0.322. The number of tetrazole rings is 1. The van der Waals surface area contributed by atoms with Crippen LogP contribution in [0, 0.1) is 0 Å². The van der Waals surface area contributed by atoms with Crippen molar-refractivity contribution < 1.29 is 0 Å². The van der Waals surface area contributed by atoms with Crippen LogP contribution >= 0.6 is 20.9 Å². The Labute approximate surface area is 45.9 Å². The molecule has 0 bridgehead atoms. The summed E-state index contributed by atoms with van der Waals surface area (Å²) in [7, 11) is 3.12. The fourth-order valence-corrected chi connectivity index (χ4v) is 1.53. The summed E-state index contributed by atoms with van der Waals surface area (Å²) < 4.78 is 1.67. The third-order valence-corrected chi connectivity index (χ3v) is 2.67. The molecule has 0 atom stereocenters. The van der Waals surface area contributed by atoms with Gasteiger partial charge in [-0.25, -0.2) is 0 Å². The van der Waals surface area contributed by atoms with Crippen molar-refractivity contribution in [3.63, 3.8) is 0 Å². The Morgan fingerprint density at radius 3 is 2.86 bits per heavy atom. The van der Waals surface area contributed by atoms with Gasteiger partial charge in [-0.05, 0) is 20.8 Å². The zero-order chi connectivity index (χ0) is 4.69. The van der Waals surface area contributed by atoms with Crippen LogP contribution in [-0.4, -0.2) is 19.4 Å². The van der Waals surface area contributed by atoms with Gasteiger partial charge in [0.15, 0.2) is 0 Å². The molecule has 0 amide bonds. The number of aromatic nitrogens is 4. The molecule has 6 heteroatoms. The van der Waals surface area contributed by atoms with E-state index in [9.17, 15) is 0 Å². The van der Waals surface area contributed by atoms with Crippen molar-refractivity contribution >= 4 is 25.8 Å². The number of hydrogen-bond acceptors (Lipinski definition) is 5. The molecule has 2 aromatic rings. The highest BCUT2D eigenvalue weighted by Crippen LogP contribution is 2.14. The quantitative estimate of drug-likeness (QED) is 0.482. The molecule has 0 saturated heterocycles. The second-order valence-corrected chi connectivity index (χ2v) is 2.97. The molecule has 7 heavy (non-hydrogen) atoms. The van der Waals surface area contributed by atoms with Crippen molar-refractivity contribution in [1.82, 2.24) is 19.4 Å². The lowest BCUT2D eigenvalue weighted by Crippen LogP contribution is -1.79. The van der Waals surface area contributed by atoms with Crippen LogP contribution in [0.1, 0.15) is 0 Å². The van der Waals surface area contributed by atoms with Gasteiger partial charge in [-0.3, -0.25) is 0 Å². The molecule has 2 rings (SSSR count). The second kappa shape index (κ2) is 1.01. The Kier molecular flexibility index (Phi) is 0.508. The van der Waals surface area contributed by atoms with Gasteiger partial charge in [0.25, 0.3) is 4.96 Å². The molecule has 2 aromatic heterocycles. The highest BCUT2D eigenvalue weighted by Gasteiger charge is 1.97. The van der Waals surface area contributed by atoms with Gasteiger partial charge in [0.1, 0.15) is 0 Å². The fourth-order valence-electron chi connectivity index (χ4n) is 0.307. The van der Waals surface area contributed by atoms with Gasteiger partial charge in [0.2, 0.25) is 0 Å². The van der Waals surface area contributed by atoms with Crippen LogP contribution in [0.25, 0.3) is 4.96 Å². The first-order valence-corrected chi connectivity index (χ1v) is 3.71. The van der Waals surface area contributed by atoms with Gasteiger partial charge in [0.05, 0.1) is 0 Å². The van der Waals surface area contributed by atoms with Gasteiger partial charge in [-0.2, -0.15) is 0 Å². The maximum Gasteiger partial charge on any atom is 0.256 e. The smallest absolute Gasteiger partial charge is 0.125 e. The zero-order valence-corrected chi connectivity index (χ0v) is 4.74. The van der Waals surface area contributed by atoms with Crippen LogP contribution in [0.2, 0.25) is 0 Å². The van der Waals surface area contributed by atoms with E-state index in [1.807, 2.05) is 0 Å². The molecule has 2 heterocycles. The normalized spacial score (nSPS) is 10.9. The van der Waals surface area contributed by atoms with Crippen LogP contribution in [0.5, 0.6) is 0 Å². The monoisotopic (exact) mass is 132 g/mol. The summed E-state index contributed by atoms with van der Waals surface area (Å²) in [5.74, 6) is 0.